The highest BCUT2D eigenvalue weighted by atomic mass is 16.5. The molecule has 184 valence electrons. The molecule has 2 N–H and O–H groups in total. The van der Waals surface area contributed by atoms with Gasteiger partial charge in [0.05, 0.1) is 24.7 Å². The molecule has 0 aliphatic carbocycles. The molecule has 36 heavy (non-hydrogen) atoms. The lowest BCUT2D eigenvalue weighted by atomic mass is 9.83. The second-order valence-electron chi connectivity index (χ2n) is 8.32. The van der Waals surface area contributed by atoms with E-state index in [2.05, 4.69) is 6.07 Å². The van der Waals surface area contributed by atoms with Crippen molar-refractivity contribution in [1.82, 2.24) is 0 Å². The average Bonchev–Trinajstić information content (AvgIpc) is 2.87. The smallest absolute Gasteiger partial charge is 0.343 e. The fraction of sp³-hybridized carbons (Fsp3) is 0.241. The number of carbonyl (C=O) groups is 1. The molecule has 0 saturated heterocycles. The van der Waals surface area contributed by atoms with Crippen molar-refractivity contribution in [2.45, 2.75) is 33.1 Å². The van der Waals surface area contributed by atoms with Crippen LogP contribution in [-0.4, -0.2) is 19.2 Å². The molecule has 7 nitrogen and oxygen atoms in total. The summed E-state index contributed by atoms with van der Waals surface area (Å²) >= 11 is 0. The Morgan fingerprint density at radius 1 is 1.06 bits per heavy atom. The highest BCUT2D eigenvalue weighted by Crippen LogP contribution is 2.45. The standard InChI is InChI=1S/C29H28N2O5/c1-4-14-34-24-13-10-19(15-26(24)33-5-2)27-22-12-11-20(16-25(22)36-28(31)23(27)17-30)35-29(32)21-9-7-6-8-18(21)3/h6-13,15-16,27H,4-5,14,31H2,1-3H3. The monoisotopic (exact) mass is 484 g/mol. The third-order valence-corrected chi connectivity index (χ3v) is 5.83. The summed E-state index contributed by atoms with van der Waals surface area (Å²) in [5.74, 6) is 1.01. The van der Waals surface area contributed by atoms with Gasteiger partial charge in [0.15, 0.2) is 11.5 Å². The Labute approximate surface area is 210 Å². The third kappa shape index (κ3) is 4.98. The molecule has 0 spiro atoms. The molecule has 4 rings (SSSR count). The molecule has 0 fully saturated rings. The number of nitriles is 1. The van der Waals surface area contributed by atoms with E-state index in [9.17, 15) is 10.1 Å². The molecule has 1 atom stereocenters. The number of benzene rings is 3. The van der Waals surface area contributed by atoms with Crippen LogP contribution in [-0.2, 0) is 0 Å². The summed E-state index contributed by atoms with van der Waals surface area (Å²) in [5.41, 5.74) is 9.27. The van der Waals surface area contributed by atoms with Crippen molar-refractivity contribution < 1.29 is 23.7 Å². The van der Waals surface area contributed by atoms with Crippen LogP contribution in [0.5, 0.6) is 23.0 Å². The van der Waals surface area contributed by atoms with Gasteiger partial charge in [0.1, 0.15) is 23.1 Å². The largest absolute Gasteiger partial charge is 0.490 e. The van der Waals surface area contributed by atoms with Crippen molar-refractivity contribution in [1.29, 1.82) is 5.26 Å². The number of nitrogens with two attached hydrogens (primary N) is 1. The normalized spacial score (nSPS) is 14.3. The first-order chi connectivity index (χ1) is 17.5. The Morgan fingerprint density at radius 3 is 2.58 bits per heavy atom. The summed E-state index contributed by atoms with van der Waals surface area (Å²) in [6.45, 7) is 6.82. The molecule has 0 radical (unpaired) electrons. The number of carbonyl (C=O) groups excluding carboxylic acids is 1. The third-order valence-electron chi connectivity index (χ3n) is 5.83. The Balaban J connectivity index is 1.70. The Bertz CT molecular complexity index is 1360. The van der Waals surface area contributed by atoms with Crippen LogP contribution < -0.4 is 24.7 Å². The van der Waals surface area contributed by atoms with Crippen LogP contribution in [0.25, 0.3) is 0 Å². The fourth-order valence-corrected chi connectivity index (χ4v) is 4.11. The van der Waals surface area contributed by atoms with E-state index in [4.69, 9.17) is 24.7 Å². The van der Waals surface area contributed by atoms with Crippen LogP contribution >= 0.6 is 0 Å². The SMILES string of the molecule is CCCOc1ccc(C2C(C#N)=C(N)Oc3cc(OC(=O)c4ccccc4C)ccc32)cc1OCC. The van der Waals surface area contributed by atoms with E-state index >= 15 is 0 Å². The topological polar surface area (TPSA) is 104 Å². The van der Waals surface area contributed by atoms with Crippen molar-refractivity contribution in [3.63, 3.8) is 0 Å². The summed E-state index contributed by atoms with van der Waals surface area (Å²) < 4.78 is 23.0. The van der Waals surface area contributed by atoms with Gasteiger partial charge in [-0.25, -0.2) is 4.79 Å². The molecule has 7 heteroatoms. The van der Waals surface area contributed by atoms with Gasteiger partial charge in [0.2, 0.25) is 5.88 Å². The molecule has 0 aromatic heterocycles. The number of rotatable bonds is 8. The Hall–Kier alpha value is -4.44. The van der Waals surface area contributed by atoms with E-state index in [1.165, 1.54) is 0 Å². The van der Waals surface area contributed by atoms with E-state index in [0.717, 1.165) is 23.1 Å². The number of allylic oxidation sites excluding steroid dienone is 1. The molecule has 3 aromatic rings. The van der Waals surface area contributed by atoms with Crippen molar-refractivity contribution >= 4 is 5.97 Å². The molecule has 0 amide bonds. The molecule has 1 aliphatic rings. The van der Waals surface area contributed by atoms with Crippen LogP contribution in [0.3, 0.4) is 0 Å². The molecule has 1 heterocycles. The summed E-state index contributed by atoms with van der Waals surface area (Å²) in [4.78, 5) is 12.7. The Kier molecular flexibility index (Phi) is 7.45. The minimum Gasteiger partial charge on any atom is -0.490 e. The number of hydrogen-bond acceptors (Lipinski definition) is 7. The molecule has 1 unspecified atom stereocenters. The quantitative estimate of drug-likeness (QED) is 0.327. The van der Waals surface area contributed by atoms with Gasteiger partial charge in [0.25, 0.3) is 0 Å². The molecular weight excluding hydrogens is 456 g/mol. The number of ether oxygens (including phenoxy) is 4. The summed E-state index contributed by atoms with van der Waals surface area (Å²) in [6, 6.07) is 20.1. The first-order valence-corrected chi connectivity index (χ1v) is 11.9. The van der Waals surface area contributed by atoms with Gasteiger partial charge in [-0.05, 0) is 55.7 Å². The lowest BCUT2D eigenvalue weighted by molar-refractivity contribution is 0.0733. The first-order valence-electron chi connectivity index (χ1n) is 11.9. The molecule has 0 saturated carbocycles. The zero-order valence-electron chi connectivity index (χ0n) is 20.5. The summed E-state index contributed by atoms with van der Waals surface area (Å²) in [5, 5.41) is 9.89. The Morgan fingerprint density at radius 2 is 1.86 bits per heavy atom. The van der Waals surface area contributed by atoms with Crippen molar-refractivity contribution in [2.75, 3.05) is 13.2 Å². The van der Waals surface area contributed by atoms with Crippen LogP contribution in [0, 0.1) is 18.3 Å². The predicted molar refractivity (Wildman–Crippen MR) is 135 cm³/mol. The van der Waals surface area contributed by atoms with Gasteiger partial charge < -0.3 is 24.7 Å². The summed E-state index contributed by atoms with van der Waals surface area (Å²) in [7, 11) is 0. The van der Waals surface area contributed by atoms with E-state index < -0.39 is 11.9 Å². The number of hydrogen-bond donors (Lipinski definition) is 1. The number of aryl methyl sites for hydroxylation is 1. The maximum absolute atomic E-state index is 12.7. The first kappa shape index (κ1) is 24.7. The van der Waals surface area contributed by atoms with E-state index in [-0.39, 0.29) is 11.5 Å². The molecule has 0 bridgehead atoms. The highest BCUT2D eigenvalue weighted by molar-refractivity contribution is 5.92. The lowest BCUT2D eigenvalue weighted by Gasteiger charge is -2.27. The van der Waals surface area contributed by atoms with Gasteiger partial charge >= 0.3 is 5.97 Å². The molecular formula is C29H28N2O5. The molecule has 1 aliphatic heterocycles. The maximum Gasteiger partial charge on any atom is 0.343 e. The van der Waals surface area contributed by atoms with Crippen LogP contribution in [0.4, 0.5) is 0 Å². The predicted octanol–water partition coefficient (Wildman–Crippen LogP) is 5.62. The number of fused-ring (bicyclic) bond motifs is 1. The van der Waals surface area contributed by atoms with E-state index in [1.807, 2.05) is 51.1 Å². The molecule has 3 aromatic carbocycles. The van der Waals surface area contributed by atoms with E-state index in [0.29, 0.717) is 41.8 Å². The highest BCUT2D eigenvalue weighted by Gasteiger charge is 2.32. The lowest BCUT2D eigenvalue weighted by Crippen LogP contribution is -2.21. The second-order valence-corrected chi connectivity index (χ2v) is 8.32. The minimum absolute atomic E-state index is 0.00153. The fourth-order valence-electron chi connectivity index (χ4n) is 4.11. The van der Waals surface area contributed by atoms with Crippen LogP contribution in [0.2, 0.25) is 0 Å². The zero-order valence-corrected chi connectivity index (χ0v) is 20.5. The zero-order chi connectivity index (χ0) is 25.7. The van der Waals surface area contributed by atoms with Gasteiger partial charge in [-0.2, -0.15) is 5.26 Å². The average molecular weight is 485 g/mol. The van der Waals surface area contributed by atoms with Gasteiger partial charge in [0, 0.05) is 11.6 Å². The van der Waals surface area contributed by atoms with Crippen molar-refractivity contribution in [3.05, 3.63) is 94.4 Å². The van der Waals surface area contributed by atoms with Crippen LogP contribution in [0.1, 0.15) is 53.2 Å². The minimum atomic E-state index is -0.487. The van der Waals surface area contributed by atoms with Gasteiger partial charge in [-0.1, -0.05) is 37.3 Å². The van der Waals surface area contributed by atoms with Crippen LogP contribution in [0.15, 0.2) is 72.1 Å². The number of nitrogens with zero attached hydrogens (tertiary/aromatic N) is 1. The second kappa shape index (κ2) is 10.9. The summed E-state index contributed by atoms with van der Waals surface area (Å²) in [6.07, 6.45) is 0.870. The van der Waals surface area contributed by atoms with E-state index in [1.54, 1.807) is 30.3 Å². The van der Waals surface area contributed by atoms with Gasteiger partial charge in [-0.3, -0.25) is 0 Å². The maximum atomic E-state index is 12.7. The van der Waals surface area contributed by atoms with Gasteiger partial charge in [-0.15, -0.1) is 0 Å². The number of esters is 1. The van der Waals surface area contributed by atoms with Crippen molar-refractivity contribution in [2.24, 2.45) is 5.73 Å². The van der Waals surface area contributed by atoms with Crippen molar-refractivity contribution in [3.8, 4) is 29.1 Å².